The van der Waals surface area contributed by atoms with Crippen LogP contribution >= 0.6 is 23.2 Å². The average Bonchev–Trinajstić information content (AvgIpc) is 3.66. The normalized spacial score (nSPS) is 15.5. The molecule has 2 aliphatic rings. The van der Waals surface area contributed by atoms with Crippen molar-refractivity contribution in [2.45, 2.75) is 24.9 Å². The van der Waals surface area contributed by atoms with Gasteiger partial charge in [0, 0.05) is 40.6 Å². The fourth-order valence-electron chi connectivity index (χ4n) is 4.43. The molecule has 39 heavy (non-hydrogen) atoms. The van der Waals surface area contributed by atoms with Gasteiger partial charge in [-0.05, 0) is 42.7 Å². The molecule has 3 heterocycles. The smallest absolute Gasteiger partial charge is 0.249 e. The molecule has 1 aliphatic carbocycles. The maximum absolute atomic E-state index is 13.9. The summed E-state index contributed by atoms with van der Waals surface area (Å²) in [6, 6.07) is 14.2. The largest absolute Gasteiger partial charge is 0.373 e. The quantitative estimate of drug-likeness (QED) is 0.194. The summed E-state index contributed by atoms with van der Waals surface area (Å²) >= 11 is 13.0. The van der Waals surface area contributed by atoms with E-state index in [0.717, 1.165) is 36.4 Å². The zero-order valence-electron chi connectivity index (χ0n) is 20.1. The molecule has 1 fully saturated rings. The standard InChI is InChI=1S/C27H20Cl2F2N8/c28-16-3-1-2-14(6-16)25(23-13-39(38-37-23)19-4-5-19)35-17-7-20-24(36-18-9-22(30)27(31)34-12-18)15(10-32)11-33-26(20)21(29)8-17/h1-3,6-9,11-13,19,25,35,37-38H,4-5H2,(H,33,36)/t25-/m0/s1. The Morgan fingerprint density at radius 1 is 1.08 bits per heavy atom. The van der Waals surface area contributed by atoms with Gasteiger partial charge in [-0.25, -0.2) is 9.37 Å². The highest BCUT2D eigenvalue weighted by Crippen LogP contribution is 2.37. The fourth-order valence-corrected chi connectivity index (χ4v) is 4.90. The number of fused-ring (bicyclic) bond motifs is 1. The van der Waals surface area contributed by atoms with E-state index in [2.05, 4.69) is 37.6 Å². The summed E-state index contributed by atoms with van der Waals surface area (Å²) in [5.41, 5.74) is 9.97. The molecule has 0 bridgehead atoms. The van der Waals surface area contributed by atoms with Crippen LogP contribution < -0.4 is 21.6 Å². The first-order valence-corrected chi connectivity index (χ1v) is 12.8. The van der Waals surface area contributed by atoms with Crippen molar-refractivity contribution in [1.29, 1.82) is 5.26 Å². The molecule has 4 aromatic rings. The SMILES string of the molecule is N#Cc1cnc2c(Cl)cc(N[C@H](C3=CN(C4CC4)NN3)c3cccc(Cl)c3)cc2c1Nc1cnc(F)c(F)c1. The van der Waals surface area contributed by atoms with Crippen molar-refractivity contribution in [3.05, 3.63) is 99.7 Å². The van der Waals surface area contributed by atoms with Crippen molar-refractivity contribution in [3.63, 3.8) is 0 Å². The number of hydrazine groups is 2. The molecule has 1 aliphatic heterocycles. The van der Waals surface area contributed by atoms with Crippen LogP contribution in [0.2, 0.25) is 10.0 Å². The van der Waals surface area contributed by atoms with Gasteiger partial charge in [0.2, 0.25) is 5.95 Å². The lowest BCUT2D eigenvalue weighted by molar-refractivity contribution is 0.260. The minimum Gasteiger partial charge on any atom is -0.373 e. The second kappa shape index (κ2) is 10.2. The molecule has 0 spiro atoms. The summed E-state index contributed by atoms with van der Waals surface area (Å²) in [7, 11) is 0. The van der Waals surface area contributed by atoms with E-state index in [1.54, 1.807) is 18.2 Å². The van der Waals surface area contributed by atoms with E-state index in [0.29, 0.717) is 38.4 Å². The van der Waals surface area contributed by atoms with Crippen LogP contribution in [0.5, 0.6) is 0 Å². The number of hydrogen-bond acceptors (Lipinski definition) is 8. The number of hydrogen-bond donors (Lipinski definition) is 4. The predicted octanol–water partition coefficient (Wildman–Crippen LogP) is 6.31. The highest BCUT2D eigenvalue weighted by Gasteiger charge is 2.32. The van der Waals surface area contributed by atoms with Crippen LogP contribution in [0, 0.1) is 23.1 Å². The Kier molecular flexibility index (Phi) is 6.56. The second-order valence-electron chi connectivity index (χ2n) is 9.23. The number of benzene rings is 2. The Morgan fingerprint density at radius 2 is 1.92 bits per heavy atom. The number of pyridine rings is 2. The number of nitrogens with zero attached hydrogens (tertiary/aromatic N) is 4. The van der Waals surface area contributed by atoms with Crippen LogP contribution in [0.15, 0.2) is 66.8 Å². The van der Waals surface area contributed by atoms with E-state index >= 15 is 0 Å². The van der Waals surface area contributed by atoms with Gasteiger partial charge in [0.25, 0.3) is 0 Å². The highest BCUT2D eigenvalue weighted by molar-refractivity contribution is 6.36. The van der Waals surface area contributed by atoms with E-state index in [-0.39, 0.29) is 17.3 Å². The highest BCUT2D eigenvalue weighted by atomic mass is 35.5. The van der Waals surface area contributed by atoms with Crippen LogP contribution in [-0.4, -0.2) is 21.0 Å². The lowest BCUT2D eigenvalue weighted by atomic mass is 10.0. The van der Waals surface area contributed by atoms with Crippen molar-refractivity contribution < 1.29 is 8.78 Å². The van der Waals surface area contributed by atoms with Gasteiger partial charge in [-0.2, -0.15) is 9.65 Å². The fraction of sp³-hybridized carbons (Fsp3) is 0.148. The van der Waals surface area contributed by atoms with Crippen molar-refractivity contribution in [3.8, 4) is 6.07 Å². The van der Waals surface area contributed by atoms with E-state index in [1.807, 2.05) is 29.4 Å². The van der Waals surface area contributed by atoms with Gasteiger partial charge < -0.3 is 16.1 Å². The van der Waals surface area contributed by atoms with Crippen LogP contribution in [0.1, 0.15) is 30.0 Å². The van der Waals surface area contributed by atoms with E-state index in [1.165, 1.54) is 6.20 Å². The molecule has 4 N–H and O–H groups in total. The van der Waals surface area contributed by atoms with Gasteiger partial charge in [0.1, 0.15) is 6.07 Å². The maximum atomic E-state index is 13.9. The van der Waals surface area contributed by atoms with E-state index in [4.69, 9.17) is 23.2 Å². The Balaban J connectivity index is 1.42. The molecule has 0 radical (unpaired) electrons. The molecule has 0 saturated heterocycles. The number of anilines is 3. The molecule has 6 rings (SSSR count). The summed E-state index contributed by atoms with van der Waals surface area (Å²) in [6.07, 6.45) is 6.77. The number of nitriles is 1. The van der Waals surface area contributed by atoms with Crippen LogP contribution in [-0.2, 0) is 0 Å². The van der Waals surface area contributed by atoms with Crippen LogP contribution in [0.3, 0.4) is 0 Å². The molecule has 1 saturated carbocycles. The van der Waals surface area contributed by atoms with Gasteiger partial charge >= 0.3 is 0 Å². The maximum Gasteiger partial charge on any atom is 0.249 e. The first-order valence-electron chi connectivity index (χ1n) is 12.0. The third-order valence-corrected chi connectivity index (χ3v) is 6.99. The molecule has 196 valence electrons. The Bertz CT molecular complexity index is 1670. The van der Waals surface area contributed by atoms with Gasteiger partial charge in [-0.3, -0.25) is 9.99 Å². The van der Waals surface area contributed by atoms with Gasteiger partial charge in [0.05, 0.1) is 45.4 Å². The Labute approximate surface area is 232 Å². The van der Waals surface area contributed by atoms with Crippen molar-refractivity contribution in [1.82, 2.24) is 25.9 Å². The van der Waals surface area contributed by atoms with Crippen molar-refractivity contribution >= 4 is 51.2 Å². The van der Waals surface area contributed by atoms with Gasteiger partial charge in [-0.15, -0.1) is 5.53 Å². The monoisotopic (exact) mass is 564 g/mol. The molecule has 2 aromatic heterocycles. The summed E-state index contributed by atoms with van der Waals surface area (Å²) in [5.74, 6) is -2.33. The zero-order chi connectivity index (χ0) is 27.1. The molecule has 12 heteroatoms. The summed E-state index contributed by atoms with van der Waals surface area (Å²) in [5, 5.41) is 19.7. The molecular weight excluding hydrogens is 545 g/mol. The number of rotatable bonds is 7. The number of nitrogens with one attached hydrogen (secondary N) is 4. The lowest BCUT2D eigenvalue weighted by Crippen LogP contribution is -2.38. The number of aromatic nitrogens is 2. The predicted molar refractivity (Wildman–Crippen MR) is 146 cm³/mol. The van der Waals surface area contributed by atoms with Crippen LogP contribution in [0.25, 0.3) is 10.9 Å². The lowest BCUT2D eigenvalue weighted by Gasteiger charge is -2.22. The molecule has 1 atom stereocenters. The molecule has 0 unspecified atom stereocenters. The first-order chi connectivity index (χ1) is 18.9. The van der Waals surface area contributed by atoms with Crippen LogP contribution in [0.4, 0.5) is 25.8 Å². The van der Waals surface area contributed by atoms with Crippen molar-refractivity contribution in [2.75, 3.05) is 10.6 Å². The van der Waals surface area contributed by atoms with Gasteiger partial charge in [-0.1, -0.05) is 35.3 Å². The molecule has 0 amide bonds. The molecule has 8 nitrogen and oxygen atoms in total. The average molecular weight is 565 g/mol. The Morgan fingerprint density at radius 3 is 2.67 bits per heavy atom. The molecule has 2 aromatic carbocycles. The first kappa shape index (κ1) is 25.1. The summed E-state index contributed by atoms with van der Waals surface area (Å²) < 4.78 is 27.3. The topological polar surface area (TPSA) is 101 Å². The minimum atomic E-state index is -1.22. The molecular formula is C27H20Cl2F2N8. The van der Waals surface area contributed by atoms with E-state index < -0.39 is 11.8 Å². The second-order valence-corrected chi connectivity index (χ2v) is 10.1. The summed E-state index contributed by atoms with van der Waals surface area (Å²) in [4.78, 5) is 7.78. The van der Waals surface area contributed by atoms with Gasteiger partial charge in [0.15, 0.2) is 5.82 Å². The summed E-state index contributed by atoms with van der Waals surface area (Å²) in [6.45, 7) is 0. The van der Waals surface area contributed by atoms with Crippen molar-refractivity contribution in [2.24, 2.45) is 0 Å². The minimum absolute atomic E-state index is 0.163. The van der Waals surface area contributed by atoms with E-state index in [9.17, 15) is 14.0 Å². The number of halogens is 4. The third-order valence-electron chi connectivity index (χ3n) is 6.46. The Hall–Kier alpha value is -4.17. The third kappa shape index (κ3) is 5.12. The zero-order valence-corrected chi connectivity index (χ0v) is 21.7.